The maximum absolute atomic E-state index is 14.1. The number of hydrogen-bond acceptors (Lipinski definition) is 4. The Balaban J connectivity index is 1.52. The van der Waals surface area contributed by atoms with Crippen molar-refractivity contribution in [1.29, 1.82) is 0 Å². The second-order valence-electron chi connectivity index (χ2n) is 9.88. The van der Waals surface area contributed by atoms with Crippen molar-refractivity contribution in [3.63, 3.8) is 0 Å². The number of methoxy groups -OCH3 is 1. The number of nitrogens with zero attached hydrogens (tertiary/aromatic N) is 2. The fourth-order valence-corrected chi connectivity index (χ4v) is 5.66. The number of H-pyrrole nitrogens is 1. The van der Waals surface area contributed by atoms with Gasteiger partial charge < -0.3 is 9.72 Å². The van der Waals surface area contributed by atoms with Gasteiger partial charge in [-0.25, -0.2) is 14.5 Å². The average molecular weight is 494 g/mol. The van der Waals surface area contributed by atoms with Gasteiger partial charge in [-0.3, -0.25) is 9.69 Å². The van der Waals surface area contributed by atoms with Crippen molar-refractivity contribution in [3.05, 3.63) is 101 Å². The van der Waals surface area contributed by atoms with E-state index in [4.69, 9.17) is 4.74 Å². The number of imide groups is 1. The number of aromatic nitrogens is 1. The van der Waals surface area contributed by atoms with Crippen molar-refractivity contribution in [2.45, 2.75) is 38.3 Å². The van der Waals surface area contributed by atoms with Gasteiger partial charge >= 0.3 is 12.0 Å². The first-order valence-electron chi connectivity index (χ1n) is 12.4. The third-order valence-electron chi connectivity index (χ3n) is 7.52. The number of benzene rings is 3. The largest absolute Gasteiger partial charge is 0.465 e. The molecule has 4 aromatic rings. The second-order valence-corrected chi connectivity index (χ2v) is 9.88. The molecule has 6 rings (SSSR count). The molecule has 0 aliphatic carbocycles. The number of anilines is 1. The van der Waals surface area contributed by atoms with E-state index in [1.807, 2.05) is 36.4 Å². The molecule has 0 spiro atoms. The molecule has 0 saturated carbocycles. The molecule has 3 aromatic carbocycles. The molecule has 186 valence electrons. The number of urea groups is 1. The molecular formula is C30H27N3O4. The summed E-state index contributed by atoms with van der Waals surface area (Å²) in [5.41, 5.74) is 5.47. The van der Waals surface area contributed by atoms with Crippen LogP contribution >= 0.6 is 0 Å². The van der Waals surface area contributed by atoms with E-state index in [2.05, 4.69) is 31.0 Å². The predicted octanol–water partition coefficient (Wildman–Crippen LogP) is 5.56. The minimum Gasteiger partial charge on any atom is -0.465 e. The molecule has 7 nitrogen and oxygen atoms in total. The van der Waals surface area contributed by atoms with Gasteiger partial charge in [-0.15, -0.1) is 0 Å². The molecule has 3 heterocycles. The molecule has 0 unspecified atom stereocenters. The number of amides is 3. The molecule has 2 aliphatic heterocycles. The topological polar surface area (TPSA) is 82.7 Å². The number of ether oxygens (including phenoxy) is 1. The highest BCUT2D eigenvalue weighted by molar-refractivity contribution is 6.23. The second kappa shape index (κ2) is 8.62. The van der Waals surface area contributed by atoms with Crippen LogP contribution in [0.2, 0.25) is 0 Å². The summed E-state index contributed by atoms with van der Waals surface area (Å²) >= 11 is 0. The lowest BCUT2D eigenvalue weighted by atomic mass is 9.88. The van der Waals surface area contributed by atoms with Gasteiger partial charge in [0.1, 0.15) is 12.1 Å². The van der Waals surface area contributed by atoms with Crippen LogP contribution in [0.5, 0.6) is 0 Å². The summed E-state index contributed by atoms with van der Waals surface area (Å²) in [7, 11) is 1.28. The van der Waals surface area contributed by atoms with Crippen LogP contribution in [-0.2, 0) is 16.0 Å². The van der Waals surface area contributed by atoms with Gasteiger partial charge in [0, 0.05) is 23.0 Å². The van der Waals surface area contributed by atoms with E-state index in [9.17, 15) is 14.4 Å². The maximum Gasteiger partial charge on any atom is 0.339 e. The Kier molecular flexibility index (Phi) is 5.37. The highest BCUT2D eigenvalue weighted by Gasteiger charge is 2.53. The SMILES string of the molecule is COC(=O)c1ccccc1N1C(=O)[C@@H]2Cc3c([nH]c4ccccc34)[C@H](c3ccc(C(C)C)cc3)N2C1=O. The van der Waals surface area contributed by atoms with Gasteiger partial charge in [0.25, 0.3) is 5.91 Å². The van der Waals surface area contributed by atoms with Crippen molar-refractivity contribution >= 4 is 34.5 Å². The highest BCUT2D eigenvalue weighted by Crippen LogP contribution is 2.45. The highest BCUT2D eigenvalue weighted by atomic mass is 16.5. The van der Waals surface area contributed by atoms with E-state index in [0.29, 0.717) is 12.3 Å². The molecule has 0 bridgehead atoms. The van der Waals surface area contributed by atoms with Crippen LogP contribution in [0, 0.1) is 0 Å². The first-order valence-corrected chi connectivity index (χ1v) is 12.4. The lowest BCUT2D eigenvalue weighted by Gasteiger charge is -2.36. The lowest BCUT2D eigenvalue weighted by Crippen LogP contribution is -2.44. The molecular weight excluding hydrogens is 466 g/mol. The number of hydrogen-bond donors (Lipinski definition) is 1. The van der Waals surface area contributed by atoms with Crippen molar-refractivity contribution in [2.75, 3.05) is 12.0 Å². The van der Waals surface area contributed by atoms with E-state index in [1.165, 1.54) is 12.7 Å². The van der Waals surface area contributed by atoms with Crippen molar-refractivity contribution in [2.24, 2.45) is 0 Å². The smallest absolute Gasteiger partial charge is 0.339 e. The molecule has 1 fully saturated rings. The molecule has 3 amide bonds. The number of carbonyl (C=O) groups excluding carboxylic acids is 3. The van der Waals surface area contributed by atoms with Crippen molar-refractivity contribution in [1.82, 2.24) is 9.88 Å². The predicted molar refractivity (Wildman–Crippen MR) is 141 cm³/mol. The summed E-state index contributed by atoms with van der Waals surface area (Å²) in [5.74, 6) is -0.573. The summed E-state index contributed by atoms with van der Waals surface area (Å²) in [5, 5.41) is 1.05. The Labute approximate surface area is 214 Å². The first-order chi connectivity index (χ1) is 17.9. The van der Waals surface area contributed by atoms with Crippen LogP contribution in [0.1, 0.15) is 58.5 Å². The Hall–Kier alpha value is -4.39. The lowest BCUT2D eigenvalue weighted by molar-refractivity contribution is -0.120. The summed E-state index contributed by atoms with van der Waals surface area (Å²) in [6, 6.07) is 21.2. The van der Waals surface area contributed by atoms with Gasteiger partial charge in [0.15, 0.2) is 0 Å². The van der Waals surface area contributed by atoms with E-state index in [-0.39, 0.29) is 17.2 Å². The van der Waals surface area contributed by atoms with Gasteiger partial charge in [0.2, 0.25) is 0 Å². The van der Waals surface area contributed by atoms with Crippen molar-refractivity contribution in [3.8, 4) is 0 Å². The number of aromatic amines is 1. The summed E-state index contributed by atoms with van der Waals surface area (Å²) < 4.78 is 4.93. The van der Waals surface area contributed by atoms with Gasteiger partial charge in [-0.1, -0.05) is 68.4 Å². The van der Waals surface area contributed by atoms with Crippen LogP contribution in [0.3, 0.4) is 0 Å². The summed E-state index contributed by atoms with van der Waals surface area (Å²) in [4.78, 5) is 46.8. The third-order valence-corrected chi connectivity index (χ3v) is 7.52. The molecule has 1 saturated heterocycles. The molecule has 1 aromatic heterocycles. The first kappa shape index (κ1) is 23.0. The zero-order valence-electron chi connectivity index (χ0n) is 20.9. The monoisotopic (exact) mass is 493 g/mol. The van der Waals surface area contributed by atoms with E-state index in [1.54, 1.807) is 29.2 Å². The Morgan fingerprint density at radius 3 is 2.41 bits per heavy atom. The van der Waals surface area contributed by atoms with E-state index >= 15 is 0 Å². The Morgan fingerprint density at radius 1 is 0.973 bits per heavy atom. The van der Waals surface area contributed by atoms with Crippen LogP contribution < -0.4 is 4.90 Å². The zero-order chi connectivity index (χ0) is 25.8. The van der Waals surface area contributed by atoms with Crippen molar-refractivity contribution < 1.29 is 19.1 Å². The van der Waals surface area contributed by atoms with Crippen LogP contribution in [0.15, 0.2) is 72.8 Å². The minimum atomic E-state index is -0.695. The number of carbonyl (C=O) groups is 3. The fraction of sp³-hybridized carbons (Fsp3) is 0.233. The van der Waals surface area contributed by atoms with E-state index < -0.39 is 24.1 Å². The molecule has 2 aliphatic rings. The molecule has 37 heavy (non-hydrogen) atoms. The molecule has 7 heteroatoms. The molecule has 1 N–H and O–H groups in total. The summed E-state index contributed by atoms with van der Waals surface area (Å²) in [6.07, 6.45) is 0.390. The molecule has 0 radical (unpaired) electrons. The van der Waals surface area contributed by atoms with Crippen LogP contribution in [0.4, 0.5) is 10.5 Å². The van der Waals surface area contributed by atoms with Gasteiger partial charge in [-0.2, -0.15) is 0 Å². The number of para-hydroxylation sites is 2. The quantitative estimate of drug-likeness (QED) is 0.298. The van der Waals surface area contributed by atoms with Gasteiger partial charge in [0.05, 0.1) is 18.4 Å². The summed E-state index contributed by atoms with van der Waals surface area (Å²) in [6.45, 7) is 4.28. The van der Waals surface area contributed by atoms with Gasteiger partial charge in [-0.05, 0) is 40.8 Å². The average Bonchev–Trinajstić information content (AvgIpc) is 3.41. The minimum absolute atomic E-state index is 0.174. The zero-order valence-corrected chi connectivity index (χ0v) is 20.9. The van der Waals surface area contributed by atoms with E-state index in [0.717, 1.165) is 32.6 Å². The number of esters is 1. The van der Waals surface area contributed by atoms with Crippen LogP contribution in [0.25, 0.3) is 10.9 Å². The number of rotatable bonds is 4. The Morgan fingerprint density at radius 2 is 1.68 bits per heavy atom. The molecule has 2 atom stereocenters. The Bertz CT molecular complexity index is 1550. The standard InChI is InChI=1S/C30H27N3O4/c1-17(2)18-12-14-19(15-13-18)27-26-22(20-8-4-6-10-23(20)31-26)16-25-28(34)33(30(36)32(25)27)24-11-7-5-9-21(24)29(35)37-3/h4-15,17,25,27,31H,16H2,1-3H3/t25-,27-/m0/s1. The fourth-order valence-electron chi connectivity index (χ4n) is 5.66. The maximum atomic E-state index is 14.1. The normalized spacial score (nSPS) is 18.9. The number of fused-ring (bicyclic) bond motifs is 4. The van der Waals surface area contributed by atoms with Crippen LogP contribution in [-0.4, -0.2) is 40.9 Å². The third kappa shape index (κ3) is 3.45. The number of nitrogens with one attached hydrogen (secondary N) is 1.